The molecule has 0 atom stereocenters. The predicted octanol–water partition coefficient (Wildman–Crippen LogP) is 8.07. The van der Waals surface area contributed by atoms with Crippen LogP contribution in [-0.2, 0) is 12.7 Å². The van der Waals surface area contributed by atoms with Crippen LogP contribution in [0.4, 0.5) is 17.6 Å². The zero-order valence-electron chi connectivity index (χ0n) is 18.3. The van der Waals surface area contributed by atoms with Gasteiger partial charge in [-0.1, -0.05) is 53.5 Å². The summed E-state index contributed by atoms with van der Waals surface area (Å²) in [5.41, 5.74) is 7.10. The number of nitrogens with zero attached hydrogens (tertiary/aromatic N) is 1. The molecule has 4 aromatic carbocycles. The van der Waals surface area contributed by atoms with Gasteiger partial charge >= 0.3 is 6.18 Å². The number of fused-ring (bicyclic) bond motifs is 3. The third-order valence-electron chi connectivity index (χ3n) is 6.10. The molecule has 1 aromatic heterocycles. The number of rotatable bonds is 4. The highest BCUT2D eigenvalue weighted by atomic mass is 35.5. The molecule has 1 heterocycles. The Balaban J connectivity index is 1.81. The van der Waals surface area contributed by atoms with Crippen LogP contribution in [-0.4, -0.2) is 10.5 Å². The molecule has 2 N–H and O–H groups in total. The second kappa shape index (κ2) is 8.84. The van der Waals surface area contributed by atoms with Gasteiger partial charge in [0, 0.05) is 38.5 Å². The Bertz CT molecular complexity index is 1670. The molecule has 0 aliphatic heterocycles. The van der Waals surface area contributed by atoms with Crippen molar-refractivity contribution in [1.82, 2.24) is 4.57 Å². The molecule has 0 bridgehead atoms. The number of benzene rings is 4. The van der Waals surface area contributed by atoms with Crippen LogP contribution >= 0.6 is 23.2 Å². The molecule has 0 unspecified atom stereocenters. The highest BCUT2D eigenvalue weighted by Gasteiger charge is 2.34. The number of amides is 1. The lowest BCUT2D eigenvalue weighted by Gasteiger charge is -2.15. The number of primary amides is 1. The first-order valence-corrected chi connectivity index (χ1v) is 11.5. The first-order valence-electron chi connectivity index (χ1n) is 10.7. The Labute approximate surface area is 212 Å². The Kier molecular flexibility index (Phi) is 5.93. The third kappa shape index (κ3) is 4.18. The lowest BCUT2D eigenvalue weighted by atomic mass is 10.0. The quantitative estimate of drug-likeness (QED) is 0.234. The van der Waals surface area contributed by atoms with E-state index in [1.807, 2.05) is 0 Å². The van der Waals surface area contributed by atoms with Gasteiger partial charge in [0.2, 0.25) is 5.91 Å². The van der Waals surface area contributed by atoms with Crippen molar-refractivity contribution >= 4 is 50.9 Å². The van der Waals surface area contributed by atoms with Crippen molar-refractivity contribution < 1.29 is 22.4 Å². The van der Waals surface area contributed by atoms with Gasteiger partial charge in [0.1, 0.15) is 5.82 Å². The second-order valence-electron chi connectivity index (χ2n) is 8.31. The fourth-order valence-corrected chi connectivity index (χ4v) is 5.05. The second-order valence-corrected chi connectivity index (χ2v) is 9.15. The lowest BCUT2D eigenvalue weighted by molar-refractivity contribution is -0.138. The zero-order valence-corrected chi connectivity index (χ0v) is 19.8. The van der Waals surface area contributed by atoms with Crippen LogP contribution < -0.4 is 5.73 Å². The van der Waals surface area contributed by atoms with Crippen LogP contribution in [0.2, 0.25) is 10.0 Å². The predicted molar refractivity (Wildman–Crippen MR) is 134 cm³/mol. The number of carbonyl (C=O) groups is 1. The van der Waals surface area contributed by atoms with E-state index >= 15 is 0 Å². The maximum atomic E-state index is 13.8. The van der Waals surface area contributed by atoms with E-state index in [0.717, 1.165) is 12.1 Å². The van der Waals surface area contributed by atoms with E-state index in [1.54, 1.807) is 59.2 Å². The molecular formula is C27H16Cl2F4N2O. The minimum Gasteiger partial charge on any atom is -0.366 e. The van der Waals surface area contributed by atoms with Crippen LogP contribution in [0.25, 0.3) is 32.9 Å². The highest BCUT2D eigenvalue weighted by Crippen LogP contribution is 2.39. The van der Waals surface area contributed by atoms with E-state index in [-0.39, 0.29) is 17.7 Å². The number of alkyl halides is 3. The Morgan fingerprint density at radius 1 is 0.917 bits per heavy atom. The Hall–Kier alpha value is -3.55. The fraction of sp³-hybridized carbons (Fsp3) is 0.0741. The monoisotopic (exact) mass is 530 g/mol. The van der Waals surface area contributed by atoms with E-state index in [9.17, 15) is 22.4 Å². The van der Waals surface area contributed by atoms with Crippen molar-refractivity contribution in [2.24, 2.45) is 5.73 Å². The van der Waals surface area contributed by atoms with Crippen molar-refractivity contribution in [2.75, 3.05) is 0 Å². The van der Waals surface area contributed by atoms with Crippen molar-refractivity contribution in [3.63, 3.8) is 0 Å². The van der Waals surface area contributed by atoms with Gasteiger partial charge in [0.25, 0.3) is 0 Å². The SMILES string of the molecule is NC(=O)c1cccc2c1c1ccc(-c3ccc(Cl)cc3Cl)cc1n2Cc1ccc(F)cc1C(F)(F)F. The van der Waals surface area contributed by atoms with Crippen molar-refractivity contribution in [3.8, 4) is 11.1 Å². The molecule has 36 heavy (non-hydrogen) atoms. The van der Waals surface area contributed by atoms with E-state index in [2.05, 4.69) is 0 Å². The van der Waals surface area contributed by atoms with Crippen LogP contribution in [0.15, 0.2) is 72.8 Å². The molecule has 0 aliphatic rings. The first-order chi connectivity index (χ1) is 17.0. The van der Waals surface area contributed by atoms with Crippen molar-refractivity contribution in [1.29, 1.82) is 0 Å². The molecule has 5 rings (SSSR count). The van der Waals surface area contributed by atoms with E-state index in [4.69, 9.17) is 28.9 Å². The zero-order chi connectivity index (χ0) is 25.8. The summed E-state index contributed by atoms with van der Waals surface area (Å²) in [5, 5.41) is 2.01. The largest absolute Gasteiger partial charge is 0.416 e. The number of hydrogen-bond acceptors (Lipinski definition) is 1. The van der Waals surface area contributed by atoms with Gasteiger partial charge in [-0.3, -0.25) is 4.79 Å². The molecule has 9 heteroatoms. The number of nitrogens with two attached hydrogens (primary N) is 1. The molecule has 0 spiro atoms. The average Bonchev–Trinajstić information content (AvgIpc) is 3.12. The van der Waals surface area contributed by atoms with Crippen molar-refractivity contribution in [2.45, 2.75) is 12.7 Å². The summed E-state index contributed by atoms with van der Waals surface area (Å²) in [4.78, 5) is 12.2. The number of aromatic nitrogens is 1. The summed E-state index contributed by atoms with van der Waals surface area (Å²) in [7, 11) is 0. The third-order valence-corrected chi connectivity index (χ3v) is 6.65. The summed E-state index contributed by atoms with van der Waals surface area (Å²) in [6.07, 6.45) is -4.75. The molecule has 0 saturated heterocycles. The standard InChI is InChI=1S/C27H16Cl2F4N2O/c28-16-6-9-18(22(29)11-16)14-5-8-19-24(10-14)35(23-3-1-2-20(25(19)23)26(34)36)13-15-4-7-17(30)12-21(15)27(31,32)33/h1-12H,13H2,(H2,34,36). The van der Waals surface area contributed by atoms with Gasteiger partial charge < -0.3 is 10.3 Å². The summed E-state index contributed by atoms with van der Waals surface area (Å²) in [6, 6.07) is 17.9. The summed E-state index contributed by atoms with van der Waals surface area (Å²) < 4.78 is 56.7. The number of hydrogen-bond donors (Lipinski definition) is 1. The minimum atomic E-state index is -4.75. The van der Waals surface area contributed by atoms with E-state index < -0.39 is 23.5 Å². The molecule has 0 fully saturated rings. The van der Waals surface area contributed by atoms with Crippen molar-refractivity contribution in [3.05, 3.63) is 105 Å². The minimum absolute atomic E-state index is 0.123. The summed E-state index contributed by atoms with van der Waals surface area (Å²) in [5.74, 6) is -1.65. The molecular weight excluding hydrogens is 515 g/mol. The van der Waals surface area contributed by atoms with Gasteiger partial charge in [0.05, 0.1) is 16.6 Å². The summed E-state index contributed by atoms with van der Waals surface area (Å²) in [6.45, 7) is -0.227. The molecule has 0 radical (unpaired) electrons. The highest BCUT2D eigenvalue weighted by molar-refractivity contribution is 6.36. The molecule has 182 valence electrons. The fourth-order valence-electron chi connectivity index (χ4n) is 4.53. The van der Waals surface area contributed by atoms with Crippen LogP contribution in [0.3, 0.4) is 0 Å². The van der Waals surface area contributed by atoms with Crippen LogP contribution in [0.5, 0.6) is 0 Å². The van der Waals surface area contributed by atoms with Gasteiger partial charge in [0.15, 0.2) is 0 Å². The topological polar surface area (TPSA) is 48.0 Å². The Morgan fingerprint density at radius 3 is 2.39 bits per heavy atom. The van der Waals surface area contributed by atoms with Crippen LogP contribution in [0, 0.1) is 5.82 Å². The molecule has 0 aliphatic carbocycles. The average molecular weight is 531 g/mol. The molecule has 0 saturated carbocycles. The molecule has 1 amide bonds. The first kappa shape index (κ1) is 24.2. The van der Waals surface area contributed by atoms with Gasteiger partial charge in [-0.15, -0.1) is 0 Å². The number of halogens is 6. The maximum absolute atomic E-state index is 13.8. The maximum Gasteiger partial charge on any atom is 0.416 e. The Morgan fingerprint density at radius 2 is 1.69 bits per heavy atom. The van der Waals surface area contributed by atoms with Crippen LogP contribution in [0.1, 0.15) is 21.5 Å². The van der Waals surface area contributed by atoms with Gasteiger partial charge in [-0.05, 0) is 53.6 Å². The summed E-state index contributed by atoms with van der Waals surface area (Å²) >= 11 is 12.4. The normalized spacial score (nSPS) is 11.9. The number of carbonyl (C=O) groups excluding carboxylic acids is 1. The lowest BCUT2D eigenvalue weighted by Crippen LogP contribution is -2.13. The van der Waals surface area contributed by atoms with E-state index in [0.29, 0.717) is 49.0 Å². The van der Waals surface area contributed by atoms with E-state index in [1.165, 1.54) is 0 Å². The van der Waals surface area contributed by atoms with Gasteiger partial charge in [-0.2, -0.15) is 13.2 Å². The molecule has 3 nitrogen and oxygen atoms in total. The van der Waals surface area contributed by atoms with Gasteiger partial charge in [-0.25, -0.2) is 4.39 Å². The smallest absolute Gasteiger partial charge is 0.366 e. The molecule has 5 aromatic rings.